The van der Waals surface area contributed by atoms with Crippen molar-refractivity contribution >= 4 is 16.8 Å². The first-order valence-corrected chi connectivity index (χ1v) is 7.82. The standard InChI is InChI=1S/C18H16FN5O/c1-10(2)24-18-12(8-22-24)6-14(11(3)23-18)17(25)15(7-20)16-5-4-13(19)9-21-16/h4-6,8-10,15H,1-3H3/t15-/m0/s1. The van der Waals surface area contributed by atoms with Crippen LogP contribution in [-0.4, -0.2) is 25.5 Å². The van der Waals surface area contributed by atoms with Crippen LogP contribution in [0.4, 0.5) is 4.39 Å². The van der Waals surface area contributed by atoms with Gasteiger partial charge in [0.25, 0.3) is 0 Å². The van der Waals surface area contributed by atoms with Gasteiger partial charge in [-0.15, -0.1) is 0 Å². The van der Waals surface area contributed by atoms with Crippen molar-refractivity contribution < 1.29 is 9.18 Å². The molecule has 3 aromatic heterocycles. The maximum absolute atomic E-state index is 13.0. The van der Waals surface area contributed by atoms with Crippen molar-refractivity contribution in [3.63, 3.8) is 0 Å². The molecule has 3 rings (SSSR count). The highest BCUT2D eigenvalue weighted by molar-refractivity contribution is 6.05. The third-order valence-electron chi connectivity index (χ3n) is 3.95. The van der Waals surface area contributed by atoms with E-state index in [2.05, 4.69) is 15.1 Å². The molecule has 126 valence electrons. The van der Waals surface area contributed by atoms with Gasteiger partial charge in [-0.2, -0.15) is 10.4 Å². The highest BCUT2D eigenvalue weighted by Crippen LogP contribution is 2.24. The largest absolute Gasteiger partial charge is 0.292 e. The summed E-state index contributed by atoms with van der Waals surface area (Å²) in [5, 5.41) is 14.4. The van der Waals surface area contributed by atoms with Crippen molar-refractivity contribution in [3.8, 4) is 6.07 Å². The zero-order chi connectivity index (χ0) is 18.1. The molecule has 1 atom stereocenters. The minimum absolute atomic E-state index is 0.140. The average Bonchev–Trinajstić information content (AvgIpc) is 2.99. The fraction of sp³-hybridized carbons (Fsp3) is 0.278. The van der Waals surface area contributed by atoms with Gasteiger partial charge in [-0.1, -0.05) is 0 Å². The molecule has 0 aliphatic rings. The predicted octanol–water partition coefficient (Wildman–Crippen LogP) is 3.34. The number of carbonyl (C=O) groups excluding carboxylic acids is 1. The number of Topliss-reactive ketones (excluding diaryl/α,β-unsaturated/α-hetero) is 1. The Morgan fingerprint density at radius 1 is 1.32 bits per heavy atom. The van der Waals surface area contributed by atoms with Crippen molar-refractivity contribution in [2.45, 2.75) is 32.7 Å². The average molecular weight is 337 g/mol. The summed E-state index contributed by atoms with van der Waals surface area (Å²) in [6.07, 6.45) is 2.64. The smallest absolute Gasteiger partial charge is 0.187 e. The van der Waals surface area contributed by atoms with Crippen LogP contribution in [-0.2, 0) is 0 Å². The molecule has 7 heteroatoms. The number of fused-ring (bicyclic) bond motifs is 1. The molecule has 25 heavy (non-hydrogen) atoms. The van der Waals surface area contributed by atoms with Crippen LogP contribution in [0.3, 0.4) is 0 Å². The van der Waals surface area contributed by atoms with Gasteiger partial charge in [-0.05, 0) is 39.0 Å². The van der Waals surface area contributed by atoms with Crippen molar-refractivity contribution in [1.29, 1.82) is 5.26 Å². The van der Waals surface area contributed by atoms with Crippen LogP contribution in [0.25, 0.3) is 11.0 Å². The molecule has 0 amide bonds. The second-order valence-electron chi connectivity index (χ2n) is 6.04. The predicted molar refractivity (Wildman–Crippen MR) is 89.5 cm³/mol. The lowest BCUT2D eigenvalue weighted by Crippen LogP contribution is -2.15. The summed E-state index contributed by atoms with van der Waals surface area (Å²) in [6.45, 7) is 5.71. The minimum atomic E-state index is -1.11. The summed E-state index contributed by atoms with van der Waals surface area (Å²) >= 11 is 0. The van der Waals surface area contributed by atoms with E-state index in [4.69, 9.17) is 0 Å². The fourth-order valence-corrected chi connectivity index (χ4v) is 2.67. The zero-order valence-electron chi connectivity index (χ0n) is 14.1. The number of ketones is 1. The molecule has 6 nitrogen and oxygen atoms in total. The number of halogens is 1. The van der Waals surface area contributed by atoms with Crippen LogP contribution in [0.2, 0.25) is 0 Å². The third-order valence-corrected chi connectivity index (χ3v) is 3.95. The topological polar surface area (TPSA) is 84.5 Å². The van der Waals surface area contributed by atoms with E-state index in [-0.39, 0.29) is 11.7 Å². The molecule has 0 bridgehead atoms. The van der Waals surface area contributed by atoms with E-state index in [1.54, 1.807) is 23.9 Å². The second-order valence-corrected chi connectivity index (χ2v) is 6.04. The van der Waals surface area contributed by atoms with Gasteiger partial charge in [0.2, 0.25) is 0 Å². The number of hydrogen-bond acceptors (Lipinski definition) is 5. The first-order chi connectivity index (χ1) is 11.9. The molecule has 3 aromatic rings. The molecular weight excluding hydrogens is 321 g/mol. The van der Waals surface area contributed by atoms with Crippen molar-refractivity contribution in [2.75, 3.05) is 0 Å². The summed E-state index contributed by atoms with van der Waals surface area (Å²) < 4.78 is 14.8. The minimum Gasteiger partial charge on any atom is -0.292 e. The molecule has 0 aliphatic heterocycles. The monoisotopic (exact) mass is 337 g/mol. The maximum Gasteiger partial charge on any atom is 0.187 e. The van der Waals surface area contributed by atoms with Gasteiger partial charge < -0.3 is 0 Å². The number of aromatic nitrogens is 4. The molecular formula is C18H16FN5O. The molecule has 0 radical (unpaired) electrons. The van der Waals surface area contributed by atoms with E-state index in [0.717, 1.165) is 11.6 Å². The number of rotatable bonds is 4. The van der Waals surface area contributed by atoms with Crippen molar-refractivity contribution in [3.05, 3.63) is 53.4 Å². The Bertz CT molecular complexity index is 985. The number of hydrogen-bond donors (Lipinski definition) is 0. The Hall–Kier alpha value is -3.14. The molecule has 0 unspecified atom stereocenters. The Morgan fingerprint density at radius 2 is 2.08 bits per heavy atom. The maximum atomic E-state index is 13.0. The highest BCUT2D eigenvalue weighted by Gasteiger charge is 2.26. The van der Waals surface area contributed by atoms with E-state index in [0.29, 0.717) is 16.9 Å². The van der Waals surface area contributed by atoms with Gasteiger partial charge >= 0.3 is 0 Å². The second kappa shape index (κ2) is 6.40. The van der Waals surface area contributed by atoms with Crippen LogP contribution in [0.5, 0.6) is 0 Å². The number of pyridine rings is 2. The lowest BCUT2D eigenvalue weighted by molar-refractivity contribution is 0.0976. The van der Waals surface area contributed by atoms with Gasteiger partial charge in [0.1, 0.15) is 5.82 Å². The molecule has 0 aliphatic carbocycles. The fourth-order valence-electron chi connectivity index (χ4n) is 2.67. The Morgan fingerprint density at radius 3 is 2.68 bits per heavy atom. The highest BCUT2D eigenvalue weighted by atomic mass is 19.1. The number of carbonyl (C=O) groups is 1. The molecule has 0 saturated heterocycles. The number of nitrogens with zero attached hydrogens (tertiary/aromatic N) is 5. The van der Waals surface area contributed by atoms with Gasteiger partial charge in [0, 0.05) is 17.0 Å². The molecule has 3 heterocycles. The van der Waals surface area contributed by atoms with E-state index < -0.39 is 17.5 Å². The van der Waals surface area contributed by atoms with Gasteiger partial charge in [0.15, 0.2) is 17.3 Å². The first-order valence-electron chi connectivity index (χ1n) is 7.82. The Labute approximate surface area is 143 Å². The summed E-state index contributed by atoms with van der Waals surface area (Å²) in [5.41, 5.74) is 1.76. The van der Waals surface area contributed by atoms with Crippen LogP contribution < -0.4 is 0 Å². The summed E-state index contributed by atoms with van der Waals surface area (Å²) in [6, 6.07) is 6.31. The van der Waals surface area contributed by atoms with Gasteiger partial charge in [-0.3, -0.25) is 9.78 Å². The summed E-state index contributed by atoms with van der Waals surface area (Å²) in [7, 11) is 0. The zero-order valence-corrected chi connectivity index (χ0v) is 14.1. The van der Waals surface area contributed by atoms with E-state index in [9.17, 15) is 14.4 Å². The lowest BCUT2D eigenvalue weighted by atomic mass is 9.94. The van der Waals surface area contributed by atoms with Crippen LogP contribution in [0, 0.1) is 24.1 Å². The molecule has 0 spiro atoms. The quantitative estimate of drug-likeness (QED) is 0.682. The third kappa shape index (κ3) is 2.98. The van der Waals surface area contributed by atoms with E-state index in [1.807, 2.05) is 19.9 Å². The van der Waals surface area contributed by atoms with Crippen LogP contribution in [0.1, 0.15) is 47.6 Å². The van der Waals surface area contributed by atoms with Gasteiger partial charge in [-0.25, -0.2) is 14.1 Å². The molecule has 0 aromatic carbocycles. The van der Waals surface area contributed by atoms with Crippen molar-refractivity contribution in [1.82, 2.24) is 19.7 Å². The summed E-state index contributed by atoms with van der Waals surface area (Å²) in [4.78, 5) is 21.2. The van der Waals surface area contributed by atoms with E-state index in [1.165, 1.54) is 12.1 Å². The molecule has 0 N–H and O–H groups in total. The van der Waals surface area contributed by atoms with Crippen molar-refractivity contribution in [2.24, 2.45) is 0 Å². The Balaban J connectivity index is 2.05. The van der Waals surface area contributed by atoms with Crippen LogP contribution in [0.15, 0.2) is 30.6 Å². The molecule has 0 saturated carbocycles. The lowest BCUT2D eigenvalue weighted by Gasteiger charge is -2.11. The first kappa shape index (κ1) is 16.7. The SMILES string of the molecule is Cc1nc2c(cnn2C(C)C)cc1C(=O)[C@@H](C#N)c1ccc(F)cn1. The van der Waals surface area contributed by atoms with Crippen LogP contribution >= 0.6 is 0 Å². The molecule has 0 fully saturated rings. The number of nitriles is 1. The summed E-state index contributed by atoms with van der Waals surface area (Å²) in [5.74, 6) is -2.04. The van der Waals surface area contributed by atoms with E-state index >= 15 is 0 Å². The number of aryl methyl sites for hydroxylation is 1. The van der Waals surface area contributed by atoms with Gasteiger partial charge in [0.05, 0.1) is 29.9 Å². The Kier molecular flexibility index (Phi) is 4.28. The normalized spacial score (nSPS) is 12.3.